The average molecular weight is 678 g/mol. The van der Waals surface area contributed by atoms with Crippen LogP contribution in [0.1, 0.15) is 111 Å². The van der Waals surface area contributed by atoms with Crippen molar-refractivity contribution in [3.8, 4) is 0 Å². The van der Waals surface area contributed by atoms with Gasteiger partial charge in [0.05, 0.1) is 85.0 Å². The van der Waals surface area contributed by atoms with Gasteiger partial charge in [-0.1, -0.05) is 72.1 Å². The topological polar surface area (TPSA) is 122 Å². The van der Waals surface area contributed by atoms with E-state index in [9.17, 15) is 14.7 Å². The van der Waals surface area contributed by atoms with Crippen molar-refractivity contribution >= 4 is 11.9 Å². The van der Waals surface area contributed by atoms with Gasteiger partial charge in [-0.25, -0.2) is 0 Å². The lowest BCUT2D eigenvalue weighted by molar-refractivity contribution is -0.154. The molecule has 11 heteroatoms. The molecule has 0 aliphatic heterocycles. The van der Waals surface area contributed by atoms with Crippen LogP contribution in [0.15, 0.2) is 0 Å². The molecule has 0 saturated carbocycles. The number of hydrogen-bond acceptors (Lipinski definition) is 10. The molecule has 0 aliphatic carbocycles. The van der Waals surface area contributed by atoms with E-state index in [4.69, 9.17) is 33.2 Å². The zero-order valence-electron chi connectivity index (χ0n) is 30.4. The maximum absolute atomic E-state index is 12.5. The molecule has 0 bridgehead atoms. The molecule has 0 aliphatic rings. The van der Waals surface area contributed by atoms with Crippen molar-refractivity contribution in [1.82, 2.24) is 4.90 Å². The van der Waals surface area contributed by atoms with E-state index in [1.54, 1.807) is 0 Å². The zero-order chi connectivity index (χ0) is 34.5. The van der Waals surface area contributed by atoms with E-state index in [0.29, 0.717) is 72.5 Å². The molecule has 1 unspecified atom stereocenters. The van der Waals surface area contributed by atoms with Crippen LogP contribution in [0.25, 0.3) is 0 Å². The maximum Gasteiger partial charge on any atom is 0.309 e. The average Bonchev–Trinajstić information content (AvgIpc) is 3.06. The summed E-state index contributed by atoms with van der Waals surface area (Å²) in [5.74, 6) is -2.07. The summed E-state index contributed by atoms with van der Waals surface area (Å²) >= 11 is 0. The van der Waals surface area contributed by atoms with Crippen LogP contribution in [0.4, 0.5) is 0 Å². The minimum atomic E-state index is -0.982. The molecule has 0 rings (SSSR count). The summed E-state index contributed by atoms with van der Waals surface area (Å²) in [6.45, 7) is 15.9. The zero-order valence-corrected chi connectivity index (χ0v) is 30.4. The summed E-state index contributed by atoms with van der Waals surface area (Å²) in [5.41, 5.74) is 0. The van der Waals surface area contributed by atoms with Crippen LogP contribution in [0, 0.1) is 5.92 Å². The van der Waals surface area contributed by atoms with Gasteiger partial charge in [0.25, 0.3) is 0 Å². The van der Waals surface area contributed by atoms with Gasteiger partial charge in [0.1, 0.15) is 6.61 Å². The summed E-state index contributed by atoms with van der Waals surface area (Å²) in [6, 6.07) is 0. The Bertz CT molecular complexity index is 662. The summed E-state index contributed by atoms with van der Waals surface area (Å²) in [7, 11) is 0. The highest BCUT2D eigenvalue weighted by atomic mass is 16.6. The molecule has 47 heavy (non-hydrogen) atoms. The second-order valence-corrected chi connectivity index (χ2v) is 11.9. The number of carbonyl (C=O) groups excluding carboxylic acids is 1. The Hall–Kier alpha value is -1.34. The molecule has 11 nitrogen and oxygen atoms in total. The number of esters is 1. The van der Waals surface area contributed by atoms with Crippen molar-refractivity contribution in [3.63, 3.8) is 0 Å². The largest absolute Gasteiger partial charge is 0.481 e. The molecule has 0 heterocycles. The first kappa shape index (κ1) is 45.7. The van der Waals surface area contributed by atoms with Gasteiger partial charge in [-0.2, -0.15) is 0 Å². The molecule has 0 aromatic heterocycles. The number of hydrogen-bond donors (Lipinski definition) is 1. The Morgan fingerprint density at radius 1 is 0.489 bits per heavy atom. The fraction of sp³-hybridized carbons (Fsp3) is 0.944. The Morgan fingerprint density at radius 3 is 1.36 bits per heavy atom. The highest BCUT2D eigenvalue weighted by Crippen LogP contribution is 2.16. The predicted molar refractivity (Wildman–Crippen MR) is 185 cm³/mol. The molecule has 280 valence electrons. The number of unbranched alkanes of at least 4 members (excludes halogenated alkanes) is 8. The molecule has 0 aromatic rings. The highest BCUT2D eigenvalue weighted by Gasteiger charge is 2.23. The van der Waals surface area contributed by atoms with Gasteiger partial charge in [0.15, 0.2) is 0 Å². The lowest BCUT2D eigenvalue weighted by Gasteiger charge is -2.22. The van der Waals surface area contributed by atoms with E-state index >= 15 is 0 Å². The van der Waals surface area contributed by atoms with Crippen molar-refractivity contribution in [2.24, 2.45) is 5.92 Å². The smallest absolute Gasteiger partial charge is 0.309 e. The van der Waals surface area contributed by atoms with E-state index in [2.05, 4.69) is 25.7 Å². The molecule has 1 N–H and O–H groups in total. The van der Waals surface area contributed by atoms with Crippen LogP contribution in [-0.2, 0) is 42.7 Å². The van der Waals surface area contributed by atoms with Gasteiger partial charge in [-0.15, -0.1) is 0 Å². The Kier molecular flexibility index (Phi) is 36.4. The first-order valence-electron chi connectivity index (χ1n) is 18.6. The molecule has 0 saturated heterocycles. The van der Waals surface area contributed by atoms with Crippen molar-refractivity contribution < 1.29 is 47.9 Å². The number of carboxylic acid groups (broad SMARTS) is 1. The number of aliphatic carboxylic acids is 1. The molecular formula is C36H71NO10. The van der Waals surface area contributed by atoms with E-state index in [-0.39, 0.29) is 19.6 Å². The fourth-order valence-electron chi connectivity index (χ4n) is 4.84. The number of ether oxygens (including phenoxy) is 7. The summed E-state index contributed by atoms with van der Waals surface area (Å²) < 4.78 is 38.4. The third-order valence-corrected chi connectivity index (χ3v) is 7.66. The van der Waals surface area contributed by atoms with Gasteiger partial charge >= 0.3 is 11.9 Å². The monoisotopic (exact) mass is 678 g/mol. The molecule has 0 spiro atoms. The van der Waals surface area contributed by atoms with Crippen molar-refractivity contribution in [2.75, 3.05) is 106 Å². The van der Waals surface area contributed by atoms with E-state index < -0.39 is 17.9 Å². The van der Waals surface area contributed by atoms with Crippen LogP contribution in [0.5, 0.6) is 0 Å². The standard InChI is InChI=1S/C36H71NO10/c1-4-7-10-11-12-15-20-41-21-22-42-23-24-43-25-26-44-27-28-45-29-30-46-31-32-47-36(40)34(33-35(38)39)16-13-14-19-37(17-8-5-2)18-9-6-3/h34H,4-33H2,1-3H3,(H,38,39). The molecular weight excluding hydrogens is 606 g/mol. The molecule has 0 fully saturated rings. The SMILES string of the molecule is CCCCCCCCOCCOCCOCCOCCOCCOCCOC(=O)C(CCCCN(CCCC)CCCC)CC(=O)O. The minimum Gasteiger partial charge on any atom is -0.481 e. The van der Waals surface area contributed by atoms with E-state index in [0.717, 1.165) is 45.5 Å². The second-order valence-electron chi connectivity index (χ2n) is 11.9. The number of nitrogens with zero attached hydrogens (tertiary/aromatic N) is 1. The van der Waals surface area contributed by atoms with Crippen LogP contribution in [-0.4, -0.2) is 127 Å². The van der Waals surface area contributed by atoms with Crippen LogP contribution < -0.4 is 0 Å². The quantitative estimate of drug-likeness (QED) is 0.0595. The van der Waals surface area contributed by atoms with Gasteiger partial charge < -0.3 is 43.2 Å². The Morgan fingerprint density at radius 2 is 0.894 bits per heavy atom. The first-order valence-corrected chi connectivity index (χ1v) is 18.6. The fourth-order valence-corrected chi connectivity index (χ4v) is 4.84. The maximum atomic E-state index is 12.5. The third-order valence-electron chi connectivity index (χ3n) is 7.66. The Balaban J connectivity index is 3.61. The lowest BCUT2D eigenvalue weighted by Crippen LogP contribution is -2.27. The summed E-state index contributed by atoms with van der Waals surface area (Å²) in [4.78, 5) is 26.3. The number of carboxylic acids is 1. The molecule has 0 radical (unpaired) electrons. The number of carbonyl (C=O) groups is 2. The normalized spacial score (nSPS) is 12.2. The van der Waals surface area contributed by atoms with Gasteiger partial charge in [-0.05, 0) is 51.7 Å². The van der Waals surface area contributed by atoms with Crippen LogP contribution in [0.3, 0.4) is 0 Å². The molecule has 0 amide bonds. The molecule has 1 atom stereocenters. The van der Waals surface area contributed by atoms with Gasteiger partial charge in [-0.3, -0.25) is 9.59 Å². The van der Waals surface area contributed by atoms with Crippen molar-refractivity contribution in [1.29, 1.82) is 0 Å². The van der Waals surface area contributed by atoms with Crippen molar-refractivity contribution in [3.05, 3.63) is 0 Å². The third kappa shape index (κ3) is 34.3. The van der Waals surface area contributed by atoms with Crippen LogP contribution >= 0.6 is 0 Å². The first-order chi connectivity index (χ1) is 23.0. The van der Waals surface area contributed by atoms with Gasteiger partial charge in [0, 0.05) is 6.61 Å². The van der Waals surface area contributed by atoms with Crippen molar-refractivity contribution in [2.45, 2.75) is 111 Å². The summed E-state index contributed by atoms with van der Waals surface area (Å²) in [5, 5.41) is 9.26. The lowest BCUT2D eigenvalue weighted by atomic mass is 9.98. The Labute approximate surface area is 286 Å². The minimum absolute atomic E-state index is 0.0952. The second kappa shape index (κ2) is 37.5. The van der Waals surface area contributed by atoms with Crippen LogP contribution in [0.2, 0.25) is 0 Å². The summed E-state index contributed by atoms with van der Waals surface area (Å²) in [6.07, 6.45) is 14.4. The van der Waals surface area contributed by atoms with Gasteiger partial charge in [0.2, 0.25) is 0 Å². The predicted octanol–water partition coefficient (Wildman–Crippen LogP) is 6.15. The van der Waals surface area contributed by atoms with E-state index in [1.807, 2.05) is 0 Å². The number of rotatable bonds is 39. The van der Waals surface area contributed by atoms with E-state index in [1.165, 1.54) is 57.8 Å². The molecule has 0 aromatic carbocycles. The highest BCUT2D eigenvalue weighted by molar-refractivity contribution is 5.79.